The van der Waals surface area contributed by atoms with Gasteiger partial charge in [-0.15, -0.1) is 0 Å². The first kappa shape index (κ1) is 21.9. The highest BCUT2D eigenvalue weighted by Gasteiger charge is 2.25. The van der Waals surface area contributed by atoms with Gasteiger partial charge in [0.05, 0.1) is 4.90 Å². The van der Waals surface area contributed by atoms with Gasteiger partial charge in [-0.1, -0.05) is 35.9 Å². The molecule has 1 heterocycles. The lowest BCUT2D eigenvalue weighted by molar-refractivity contribution is 0.0712. The van der Waals surface area contributed by atoms with Crippen LogP contribution in [0.25, 0.3) is 0 Å². The minimum atomic E-state index is -3.80. The van der Waals surface area contributed by atoms with E-state index in [1.165, 1.54) is 12.1 Å². The lowest BCUT2D eigenvalue weighted by Gasteiger charge is -2.32. The number of rotatable bonds is 5. The number of aromatic hydroxyl groups is 1. The third-order valence-corrected chi connectivity index (χ3v) is 7.22. The van der Waals surface area contributed by atoms with Gasteiger partial charge in [0.1, 0.15) is 5.75 Å². The van der Waals surface area contributed by atoms with E-state index >= 15 is 0 Å². The molecule has 0 unspecified atom stereocenters. The fourth-order valence-electron chi connectivity index (χ4n) is 3.98. The van der Waals surface area contributed by atoms with Crippen LogP contribution < -0.4 is 4.72 Å². The number of nitrogens with one attached hydrogen (secondary N) is 1. The molecule has 2 N–H and O–H groups in total. The molecule has 32 heavy (non-hydrogen) atoms. The number of likely N-dealkylation sites (tertiary alicyclic amines) is 1. The first-order valence-electron chi connectivity index (χ1n) is 10.6. The quantitative estimate of drug-likeness (QED) is 0.598. The highest BCUT2D eigenvalue weighted by molar-refractivity contribution is 7.92. The molecular weight excluding hydrogens is 424 g/mol. The first-order chi connectivity index (χ1) is 15.3. The molecule has 1 fully saturated rings. The van der Waals surface area contributed by atoms with Crippen LogP contribution in [0.2, 0.25) is 0 Å². The average Bonchev–Trinajstić information content (AvgIpc) is 2.81. The Labute approximate surface area is 188 Å². The Hall–Kier alpha value is -3.32. The summed E-state index contributed by atoms with van der Waals surface area (Å²) in [5.41, 5.74) is 3.03. The molecule has 0 aromatic heterocycles. The number of carbonyl (C=O) groups excluding carboxylic acids is 1. The Balaban J connectivity index is 1.44. The van der Waals surface area contributed by atoms with Crippen molar-refractivity contribution < 1.29 is 18.3 Å². The minimum Gasteiger partial charge on any atom is -0.508 e. The van der Waals surface area contributed by atoms with Gasteiger partial charge in [0.2, 0.25) is 0 Å². The molecule has 3 aromatic rings. The molecule has 3 aromatic carbocycles. The van der Waals surface area contributed by atoms with E-state index in [1.807, 2.05) is 31.2 Å². The second-order valence-electron chi connectivity index (χ2n) is 8.16. The lowest BCUT2D eigenvalue weighted by atomic mass is 9.89. The van der Waals surface area contributed by atoms with E-state index < -0.39 is 10.0 Å². The van der Waals surface area contributed by atoms with Gasteiger partial charge >= 0.3 is 0 Å². The number of piperidine rings is 1. The number of benzene rings is 3. The first-order valence-corrected chi connectivity index (χ1v) is 12.1. The molecule has 4 rings (SSSR count). The van der Waals surface area contributed by atoms with E-state index in [0.717, 1.165) is 24.0 Å². The number of anilines is 1. The van der Waals surface area contributed by atoms with Crippen molar-refractivity contribution in [2.45, 2.75) is 30.6 Å². The van der Waals surface area contributed by atoms with E-state index in [0.29, 0.717) is 30.3 Å². The lowest BCUT2D eigenvalue weighted by Crippen LogP contribution is -2.38. The standard InChI is InChI=1S/C25H26N2O4S/c1-18-5-9-22(10-6-18)26-32(30,31)24-4-2-3-21(17-24)25(29)27-15-13-20(14-16-27)19-7-11-23(28)12-8-19/h2-12,17,20,26,28H,13-16H2,1H3. The van der Waals surface area contributed by atoms with Gasteiger partial charge in [-0.3, -0.25) is 9.52 Å². The predicted octanol–water partition coefficient (Wildman–Crippen LogP) is 4.52. The van der Waals surface area contributed by atoms with Crippen LogP contribution in [0.1, 0.15) is 40.2 Å². The fraction of sp³-hybridized carbons (Fsp3) is 0.240. The Morgan fingerprint density at radius 2 is 1.62 bits per heavy atom. The summed E-state index contributed by atoms with van der Waals surface area (Å²) in [5.74, 6) is 0.416. The second kappa shape index (κ2) is 9.04. The van der Waals surface area contributed by atoms with Crippen LogP contribution in [0, 0.1) is 6.92 Å². The van der Waals surface area contributed by atoms with E-state index in [1.54, 1.807) is 41.3 Å². The summed E-state index contributed by atoms with van der Waals surface area (Å²) < 4.78 is 28.2. The van der Waals surface area contributed by atoms with Gasteiger partial charge in [-0.2, -0.15) is 0 Å². The molecule has 0 bridgehead atoms. The van der Waals surface area contributed by atoms with Crippen molar-refractivity contribution in [1.29, 1.82) is 0 Å². The summed E-state index contributed by atoms with van der Waals surface area (Å²) in [6, 6.07) is 20.5. The highest BCUT2D eigenvalue weighted by Crippen LogP contribution is 2.30. The number of hydrogen-bond acceptors (Lipinski definition) is 4. The zero-order valence-electron chi connectivity index (χ0n) is 17.9. The topological polar surface area (TPSA) is 86.7 Å². The van der Waals surface area contributed by atoms with E-state index in [2.05, 4.69) is 4.72 Å². The molecule has 0 saturated carbocycles. The van der Waals surface area contributed by atoms with Crippen LogP contribution in [0.4, 0.5) is 5.69 Å². The average molecular weight is 451 g/mol. The van der Waals surface area contributed by atoms with Crippen molar-refractivity contribution >= 4 is 21.6 Å². The Morgan fingerprint density at radius 3 is 2.28 bits per heavy atom. The van der Waals surface area contributed by atoms with Gasteiger partial charge in [-0.05, 0) is 73.7 Å². The largest absolute Gasteiger partial charge is 0.508 e. The smallest absolute Gasteiger partial charge is 0.261 e. The molecule has 0 radical (unpaired) electrons. The van der Waals surface area contributed by atoms with Crippen LogP contribution in [0.5, 0.6) is 5.75 Å². The Bertz CT molecular complexity index is 1200. The third kappa shape index (κ3) is 4.94. The van der Waals surface area contributed by atoms with Crippen LogP contribution in [0.15, 0.2) is 77.7 Å². The maximum atomic E-state index is 13.0. The van der Waals surface area contributed by atoms with Crippen LogP contribution in [0.3, 0.4) is 0 Å². The molecule has 166 valence electrons. The second-order valence-corrected chi connectivity index (χ2v) is 9.84. The van der Waals surface area contributed by atoms with Crippen molar-refractivity contribution in [3.63, 3.8) is 0 Å². The molecule has 0 aliphatic carbocycles. The molecule has 0 spiro atoms. The normalized spacial score (nSPS) is 14.8. The summed E-state index contributed by atoms with van der Waals surface area (Å²) in [6.07, 6.45) is 1.65. The molecule has 1 saturated heterocycles. The Morgan fingerprint density at radius 1 is 0.969 bits per heavy atom. The van der Waals surface area contributed by atoms with Crippen molar-refractivity contribution in [3.8, 4) is 5.75 Å². The molecule has 1 aliphatic heterocycles. The van der Waals surface area contributed by atoms with Gasteiger partial charge in [0, 0.05) is 24.3 Å². The van der Waals surface area contributed by atoms with Crippen LogP contribution >= 0.6 is 0 Å². The number of phenols is 1. The number of carbonyl (C=O) groups is 1. The molecule has 7 heteroatoms. The van der Waals surface area contributed by atoms with E-state index in [9.17, 15) is 18.3 Å². The maximum absolute atomic E-state index is 13.0. The van der Waals surface area contributed by atoms with Crippen molar-refractivity contribution in [1.82, 2.24) is 4.90 Å². The minimum absolute atomic E-state index is 0.0582. The summed E-state index contributed by atoms with van der Waals surface area (Å²) in [5, 5.41) is 9.47. The number of hydrogen-bond donors (Lipinski definition) is 2. The molecule has 0 atom stereocenters. The number of phenolic OH excluding ortho intramolecular Hbond substituents is 1. The monoisotopic (exact) mass is 450 g/mol. The Kier molecular flexibility index (Phi) is 6.19. The zero-order chi connectivity index (χ0) is 22.7. The maximum Gasteiger partial charge on any atom is 0.261 e. The van der Waals surface area contributed by atoms with E-state index in [4.69, 9.17) is 0 Å². The number of sulfonamides is 1. The molecular formula is C25H26N2O4S. The number of aryl methyl sites for hydroxylation is 1. The van der Waals surface area contributed by atoms with Gasteiger partial charge in [0.15, 0.2) is 0 Å². The summed E-state index contributed by atoms with van der Waals surface area (Å²) in [4.78, 5) is 14.9. The summed E-state index contributed by atoms with van der Waals surface area (Å²) in [7, 11) is -3.80. The zero-order valence-corrected chi connectivity index (χ0v) is 18.7. The third-order valence-electron chi connectivity index (χ3n) is 5.84. The van der Waals surface area contributed by atoms with Crippen molar-refractivity contribution in [2.75, 3.05) is 17.8 Å². The van der Waals surface area contributed by atoms with Crippen molar-refractivity contribution in [3.05, 3.63) is 89.5 Å². The van der Waals surface area contributed by atoms with E-state index in [-0.39, 0.29) is 16.6 Å². The number of amides is 1. The van der Waals surface area contributed by atoms with Crippen molar-refractivity contribution in [2.24, 2.45) is 0 Å². The molecule has 1 aliphatic rings. The van der Waals surface area contributed by atoms with Gasteiger partial charge in [0.25, 0.3) is 15.9 Å². The fourth-order valence-corrected chi connectivity index (χ4v) is 5.08. The van der Waals surface area contributed by atoms with Gasteiger partial charge in [-0.25, -0.2) is 8.42 Å². The molecule has 1 amide bonds. The van der Waals surface area contributed by atoms with Crippen LogP contribution in [-0.2, 0) is 10.0 Å². The summed E-state index contributed by atoms with van der Waals surface area (Å²) in [6.45, 7) is 3.13. The SMILES string of the molecule is Cc1ccc(NS(=O)(=O)c2cccc(C(=O)N3CCC(c4ccc(O)cc4)CC3)c2)cc1. The number of nitrogens with zero attached hydrogens (tertiary/aromatic N) is 1. The highest BCUT2D eigenvalue weighted by atomic mass is 32.2. The van der Waals surface area contributed by atoms with Crippen LogP contribution in [-0.4, -0.2) is 37.4 Å². The molecule has 6 nitrogen and oxygen atoms in total. The van der Waals surface area contributed by atoms with Gasteiger partial charge < -0.3 is 10.0 Å². The predicted molar refractivity (Wildman–Crippen MR) is 124 cm³/mol. The summed E-state index contributed by atoms with van der Waals surface area (Å²) >= 11 is 0.